The first kappa shape index (κ1) is 28.6. The zero-order chi connectivity index (χ0) is 29.1. The molecular formula is C32H38N2O7. The number of methoxy groups -OCH3 is 5. The van der Waals surface area contributed by atoms with Crippen LogP contribution in [-0.4, -0.2) is 70.7 Å². The van der Waals surface area contributed by atoms with E-state index >= 15 is 0 Å². The molecule has 1 amide bonds. The van der Waals surface area contributed by atoms with Gasteiger partial charge in [0.15, 0.2) is 23.0 Å². The molecule has 0 spiro atoms. The van der Waals surface area contributed by atoms with Crippen molar-refractivity contribution in [2.45, 2.75) is 37.5 Å². The predicted octanol–water partition coefficient (Wildman–Crippen LogP) is 3.65. The fourth-order valence-corrected chi connectivity index (χ4v) is 6.21. The van der Waals surface area contributed by atoms with E-state index in [0.29, 0.717) is 54.6 Å². The van der Waals surface area contributed by atoms with Crippen molar-refractivity contribution in [1.82, 2.24) is 10.2 Å². The van der Waals surface area contributed by atoms with Gasteiger partial charge in [0.2, 0.25) is 11.7 Å². The smallest absolute Gasteiger partial charge is 0.234 e. The quantitative estimate of drug-likeness (QED) is 0.387. The fourth-order valence-electron chi connectivity index (χ4n) is 6.21. The van der Waals surface area contributed by atoms with Crippen LogP contribution in [-0.2, 0) is 24.1 Å². The Kier molecular flexibility index (Phi) is 8.56. The van der Waals surface area contributed by atoms with Gasteiger partial charge >= 0.3 is 0 Å². The number of hydrogen-bond donors (Lipinski definition) is 2. The van der Waals surface area contributed by atoms with Crippen LogP contribution >= 0.6 is 0 Å². The largest absolute Gasteiger partial charge is 0.493 e. The second kappa shape index (κ2) is 12.3. The molecule has 218 valence electrons. The number of aliphatic hydroxyl groups is 1. The number of nitrogens with one attached hydrogen (secondary N) is 1. The van der Waals surface area contributed by atoms with Crippen LogP contribution < -0.4 is 29.0 Å². The van der Waals surface area contributed by atoms with E-state index in [1.807, 2.05) is 48.5 Å². The zero-order valence-corrected chi connectivity index (χ0v) is 24.2. The third kappa shape index (κ3) is 5.52. The average molecular weight is 563 g/mol. The Hall–Kier alpha value is -3.95. The molecule has 3 aromatic rings. The number of nitrogens with zero attached hydrogens (tertiary/aromatic N) is 1. The van der Waals surface area contributed by atoms with Crippen molar-refractivity contribution in [1.29, 1.82) is 0 Å². The minimum Gasteiger partial charge on any atom is -0.493 e. The van der Waals surface area contributed by atoms with E-state index in [1.165, 1.54) is 0 Å². The summed E-state index contributed by atoms with van der Waals surface area (Å²) in [5, 5.41) is 13.8. The molecule has 1 aliphatic heterocycles. The molecule has 41 heavy (non-hydrogen) atoms. The second-order valence-electron chi connectivity index (χ2n) is 10.4. The van der Waals surface area contributed by atoms with E-state index in [4.69, 9.17) is 23.7 Å². The van der Waals surface area contributed by atoms with Gasteiger partial charge < -0.3 is 34.1 Å². The number of aliphatic hydroxyl groups excluding tert-OH is 1. The molecular weight excluding hydrogens is 524 g/mol. The van der Waals surface area contributed by atoms with Gasteiger partial charge in [0.05, 0.1) is 54.2 Å². The minimum atomic E-state index is -0.655. The zero-order valence-electron chi connectivity index (χ0n) is 24.2. The molecule has 0 saturated heterocycles. The van der Waals surface area contributed by atoms with E-state index in [-0.39, 0.29) is 18.5 Å². The first-order valence-electron chi connectivity index (χ1n) is 13.7. The molecule has 0 saturated carbocycles. The molecule has 2 N–H and O–H groups in total. The summed E-state index contributed by atoms with van der Waals surface area (Å²) in [5.41, 5.74) is 5.10. The molecule has 9 nitrogen and oxygen atoms in total. The van der Waals surface area contributed by atoms with E-state index in [0.717, 1.165) is 27.8 Å². The number of rotatable bonds is 10. The lowest BCUT2D eigenvalue weighted by molar-refractivity contribution is -0.124. The highest BCUT2D eigenvalue weighted by Crippen LogP contribution is 2.48. The van der Waals surface area contributed by atoms with Crippen molar-refractivity contribution in [2.75, 3.05) is 48.6 Å². The Labute approximate surface area is 240 Å². The first-order chi connectivity index (χ1) is 19.9. The summed E-state index contributed by atoms with van der Waals surface area (Å²) in [6.07, 6.45) is 1.16. The van der Waals surface area contributed by atoms with Crippen LogP contribution in [0.1, 0.15) is 39.9 Å². The van der Waals surface area contributed by atoms with Gasteiger partial charge in [-0.1, -0.05) is 30.3 Å². The third-order valence-corrected chi connectivity index (χ3v) is 8.14. The van der Waals surface area contributed by atoms with Crippen LogP contribution in [0.2, 0.25) is 0 Å². The highest BCUT2D eigenvalue weighted by Gasteiger charge is 2.37. The van der Waals surface area contributed by atoms with Crippen LogP contribution in [0, 0.1) is 0 Å². The summed E-state index contributed by atoms with van der Waals surface area (Å²) < 4.78 is 28.3. The van der Waals surface area contributed by atoms with E-state index < -0.39 is 12.1 Å². The lowest BCUT2D eigenvalue weighted by Gasteiger charge is -2.38. The molecule has 1 heterocycles. The Morgan fingerprint density at radius 3 is 2.32 bits per heavy atom. The van der Waals surface area contributed by atoms with Crippen molar-refractivity contribution in [2.24, 2.45) is 0 Å². The summed E-state index contributed by atoms with van der Waals surface area (Å²) in [5.74, 6) is 2.86. The maximum atomic E-state index is 13.5. The fraction of sp³-hybridized carbons (Fsp3) is 0.406. The molecule has 2 aliphatic rings. The van der Waals surface area contributed by atoms with E-state index in [2.05, 4.69) is 10.2 Å². The molecule has 1 unspecified atom stereocenters. The monoisotopic (exact) mass is 562 g/mol. The van der Waals surface area contributed by atoms with Gasteiger partial charge in [0, 0.05) is 24.6 Å². The van der Waals surface area contributed by atoms with E-state index in [9.17, 15) is 9.90 Å². The molecule has 3 atom stereocenters. The number of amides is 1. The number of carbonyl (C=O) groups excluding carboxylic acids is 1. The van der Waals surface area contributed by atoms with Crippen molar-refractivity contribution < 1.29 is 33.6 Å². The van der Waals surface area contributed by atoms with E-state index in [1.54, 1.807) is 35.5 Å². The average Bonchev–Trinajstić information content (AvgIpc) is 3.31. The van der Waals surface area contributed by atoms with Gasteiger partial charge in [-0.3, -0.25) is 9.69 Å². The number of fused-ring (bicyclic) bond motifs is 2. The highest BCUT2D eigenvalue weighted by atomic mass is 16.5. The Bertz CT molecular complexity index is 1410. The minimum absolute atomic E-state index is 0.147. The number of hydrogen-bond acceptors (Lipinski definition) is 8. The molecule has 0 fully saturated rings. The van der Waals surface area contributed by atoms with Gasteiger partial charge in [0.1, 0.15) is 0 Å². The molecule has 1 aliphatic carbocycles. The molecule has 5 rings (SSSR count). The number of carbonyl (C=O) groups is 1. The van der Waals surface area contributed by atoms with Gasteiger partial charge in [0.25, 0.3) is 0 Å². The van der Waals surface area contributed by atoms with Crippen LogP contribution in [0.15, 0.2) is 48.5 Å². The molecule has 0 radical (unpaired) electrons. The lowest BCUT2D eigenvalue weighted by Crippen LogP contribution is -2.45. The van der Waals surface area contributed by atoms with Gasteiger partial charge in [-0.05, 0) is 53.3 Å². The second-order valence-corrected chi connectivity index (χ2v) is 10.4. The highest BCUT2D eigenvalue weighted by molar-refractivity contribution is 5.79. The lowest BCUT2D eigenvalue weighted by atomic mass is 9.87. The number of ether oxygens (including phenoxy) is 5. The predicted molar refractivity (Wildman–Crippen MR) is 154 cm³/mol. The van der Waals surface area contributed by atoms with Crippen LogP contribution in [0.4, 0.5) is 0 Å². The summed E-state index contributed by atoms with van der Waals surface area (Å²) >= 11 is 0. The molecule has 3 aromatic carbocycles. The third-order valence-electron chi connectivity index (χ3n) is 8.14. The number of benzene rings is 3. The van der Waals surface area contributed by atoms with Crippen molar-refractivity contribution in [3.8, 4) is 28.7 Å². The summed E-state index contributed by atoms with van der Waals surface area (Å²) in [6.45, 7) is 0.807. The maximum absolute atomic E-state index is 13.5. The summed E-state index contributed by atoms with van der Waals surface area (Å²) in [6, 6.07) is 15.1. The Balaban J connectivity index is 1.49. The molecule has 0 aromatic heterocycles. The van der Waals surface area contributed by atoms with Crippen LogP contribution in [0.3, 0.4) is 0 Å². The summed E-state index contributed by atoms with van der Waals surface area (Å²) in [7, 11) is 8.05. The van der Waals surface area contributed by atoms with Crippen LogP contribution in [0.5, 0.6) is 28.7 Å². The first-order valence-corrected chi connectivity index (χ1v) is 13.7. The maximum Gasteiger partial charge on any atom is 0.234 e. The van der Waals surface area contributed by atoms with Gasteiger partial charge in [-0.2, -0.15) is 0 Å². The van der Waals surface area contributed by atoms with Gasteiger partial charge in [-0.25, -0.2) is 0 Å². The normalized spacial score (nSPS) is 19.6. The molecule has 9 heteroatoms. The molecule has 0 bridgehead atoms. The Morgan fingerprint density at radius 2 is 1.61 bits per heavy atom. The van der Waals surface area contributed by atoms with Gasteiger partial charge in [-0.15, -0.1) is 0 Å². The topological polar surface area (TPSA) is 98.7 Å². The Morgan fingerprint density at radius 1 is 0.878 bits per heavy atom. The standard InChI is InChI=1S/C32H38N2O7/c1-37-25-11-10-19(15-26(25)38-2)14-23-29-21(17-27(39-3)31(40-4)32(29)41-5)12-13-34(23)18-28(36)33-30-22-9-7-6-8-20(22)16-24(30)35/h6-11,15,17,23-24,30,35H,12-14,16,18H2,1-5H3,(H,33,36)/t23?,24-,30+/m1/s1. The van der Waals surface area contributed by atoms with Crippen molar-refractivity contribution >= 4 is 5.91 Å². The summed E-state index contributed by atoms with van der Waals surface area (Å²) in [4.78, 5) is 15.7. The SMILES string of the molecule is COc1ccc(CC2c3c(cc(OC)c(OC)c3OC)CCN2CC(=O)N[C@H]2c3ccccc3C[C@H]2O)cc1OC. The van der Waals surface area contributed by atoms with Crippen molar-refractivity contribution in [3.05, 3.63) is 76.3 Å². The van der Waals surface area contributed by atoms with Crippen molar-refractivity contribution in [3.63, 3.8) is 0 Å². The van der Waals surface area contributed by atoms with Crippen LogP contribution in [0.25, 0.3) is 0 Å².